The van der Waals surface area contributed by atoms with Crippen LogP contribution in [-0.4, -0.2) is 48.0 Å². The van der Waals surface area contributed by atoms with Crippen molar-refractivity contribution in [3.63, 3.8) is 0 Å². The molecule has 8 heteroatoms. The summed E-state index contributed by atoms with van der Waals surface area (Å²) in [6.07, 6.45) is 0. The van der Waals surface area contributed by atoms with Crippen molar-refractivity contribution in [3.8, 4) is 5.75 Å². The van der Waals surface area contributed by atoms with Crippen molar-refractivity contribution in [2.45, 2.75) is 20.8 Å². The van der Waals surface area contributed by atoms with E-state index in [1.807, 2.05) is 57.2 Å². The van der Waals surface area contributed by atoms with Gasteiger partial charge in [-0.15, -0.1) is 0 Å². The van der Waals surface area contributed by atoms with Gasteiger partial charge in [-0.25, -0.2) is 4.98 Å². The first-order valence-electron chi connectivity index (χ1n) is 10.9. The number of piperazine rings is 1. The Balaban J connectivity index is 1.58. The number of thiazole rings is 1. The number of phenolic OH excluding ortho intramolecular Hbond substituents is 1. The molecule has 7 nitrogen and oxygen atoms in total. The Morgan fingerprint density at radius 2 is 1.55 bits per heavy atom. The van der Waals surface area contributed by atoms with E-state index in [0.717, 1.165) is 5.69 Å². The first-order valence-corrected chi connectivity index (χ1v) is 11.8. The van der Waals surface area contributed by atoms with E-state index < -0.39 is 5.41 Å². The van der Waals surface area contributed by atoms with Gasteiger partial charge in [0.1, 0.15) is 10.6 Å². The normalized spacial score (nSPS) is 14.3. The van der Waals surface area contributed by atoms with Crippen LogP contribution in [0.3, 0.4) is 0 Å². The van der Waals surface area contributed by atoms with E-state index in [1.54, 1.807) is 18.2 Å². The lowest BCUT2D eigenvalue weighted by atomic mass is 9.96. The zero-order chi connectivity index (χ0) is 23.6. The zero-order valence-corrected chi connectivity index (χ0v) is 19.9. The van der Waals surface area contributed by atoms with Crippen LogP contribution in [0, 0.1) is 5.41 Å². The van der Waals surface area contributed by atoms with E-state index in [1.165, 1.54) is 11.3 Å². The van der Waals surface area contributed by atoms with Crippen LogP contribution >= 0.6 is 11.3 Å². The Morgan fingerprint density at radius 3 is 2.18 bits per heavy atom. The summed E-state index contributed by atoms with van der Waals surface area (Å²) in [7, 11) is 0. The third-order valence-corrected chi connectivity index (χ3v) is 6.66. The number of carbonyl (C=O) groups excluding carboxylic acids is 2. The number of phenols is 1. The summed E-state index contributed by atoms with van der Waals surface area (Å²) in [5.41, 5.74) is 0.762. The van der Waals surface area contributed by atoms with E-state index in [4.69, 9.17) is 0 Å². The van der Waals surface area contributed by atoms with Crippen LogP contribution in [0.25, 0.3) is 0 Å². The number of aromatic hydroxyl groups is 1. The van der Waals surface area contributed by atoms with E-state index in [9.17, 15) is 14.7 Å². The van der Waals surface area contributed by atoms with Gasteiger partial charge in [-0.1, -0.05) is 74.6 Å². The molecule has 0 aliphatic carbocycles. The number of aromatic nitrogens is 1. The number of rotatable bonds is 5. The third-order valence-electron chi connectivity index (χ3n) is 5.54. The highest BCUT2D eigenvalue weighted by atomic mass is 32.1. The molecule has 0 bridgehead atoms. The summed E-state index contributed by atoms with van der Waals surface area (Å²) in [4.78, 5) is 35.3. The number of hydrogen-bond acceptors (Lipinski definition) is 7. The molecule has 0 spiro atoms. The number of anilines is 3. The van der Waals surface area contributed by atoms with Gasteiger partial charge in [0.2, 0.25) is 11.7 Å². The molecule has 0 unspecified atom stereocenters. The lowest BCUT2D eigenvalue weighted by molar-refractivity contribution is -0.123. The summed E-state index contributed by atoms with van der Waals surface area (Å²) >= 11 is 1.30. The van der Waals surface area contributed by atoms with Crippen molar-refractivity contribution in [2.24, 2.45) is 5.41 Å². The second kappa shape index (κ2) is 9.23. The molecule has 2 heterocycles. The van der Waals surface area contributed by atoms with Crippen LogP contribution < -0.4 is 15.1 Å². The van der Waals surface area contributed by atoms with E-state index in [2.05, 4.69) is 20.1 Å². The molecule has 0 atom stereocenters. The fourth-order valence-corrected chi connectivity index (χ4v) is 4.60. The predicted octanol–water partition coefficient (Wildman–Crippen LogP) is 4.39. The highest BCUT2D eigenvalue weighted by Gasteiger charge is 2.29. The molecule has 2 N–H and O–H groups in total. The number of ketones is 1. The van der Waals surface area contributed by atoms with Gasteiger partial charge in [-0.2, -0.15) is 0 Å². The summed E-state index contributed by atoms with van der Waals surface area (Å²) in [5.74, 6) is 0.234. The Morgan fingerprint density at radius 1 is 0.939 bits per heavy atom. The van der Waals surface area contributed by atoms with Crippen molar-refractivity contribution in [3.05, 3.63) is 65.0 Å². The van der Waals surface area contributed by atoms with Gasteiger partial charge in [0.25, 0.3) is 0 Å². The summed E-state index contributed by atoms with van der Waals surface area (Å²) < 4.78 is 0. The number of benzene rings is 2. The Hall–Kier alpha value is -3.39. The molecule has 0 saturated carbocycles. The van der Waals surface area contributed by atoms with Crippen molar-refractivity contribution < 1.29 is 14.7 Å². The van der Waals surface area contributed by atoms with Gasteiger partial charge in [-0.05, 0) is 12.1 Å². The number of para-hydroxylation sites is 2. The molecule has 33 heavy (non-hydrogen) atoms. The van der Waals surface area contributed by atoms with Crippen LogP contribution in [0.4, 0.5) is 16.6 Å². The zero-order valence-electron chi connectivity index (χ0n) is 19.0. The smallest absolute Gasteiger partial charge is 0.230 e. The van der Waals surface area contributed by atoms with Gasteiger partial charge >= 0.3 is 0 Å². The fourth-order valence-electron chi connectivity index (χ4n) is 3.57. The first kappa shape index (κ1) is 22.8. The predicted molar refractivity (Wildman–Crippen MR) is 133 cm³/mol. The number of nitrogens with one attached hydrogen (secondary N) is 1. The lowest BCUT2D eigenvalue weighted by Crippen LogP contribution is -2.46. The Kier molecular flexibility index (Phi) is 6.37. The lowest BCUT2D eigenvalue weighted by Gasteiger charge is -2.36. The second-order valence-corrected chi connectivity index (χ2v) is 10.0. The van der Waals surface area contributed by atoms with Gasteiger partial charge < -0.3 is 20.2 Å². The molecule has 1 aromatic heterocycles. The maximum atomic E-state index is 13.2. The van der Waals surface area contributed by atoms with E-state index >= 15 is 0 Å². The van der Waals surface area contributed by atoms with Gasteiger partial charge in [0, 0.05) is 37.2 Å². The fraction of sp³-hybridized carbons (Fsp3) is 0.320. The highest BCUT2D eigenvalue weighted by molar-refractivity contribution is 7.18. The molecule has 0 radical (unpaired) electrons. The molecular formula is C25H28N4O3S. The monoisotopic (exact) mass is 464 g/mol. The van der Waals surface area contributed by atoms with Gasteiger partial charge in [0.15, 0.2) is 10.9 Å². The van der Waals surface area contributed by atoms with Crippen LogP contribution in [0.1, 0.15) is 36.0 Å². The quantitative estimate of drug-likeness (QED) is 0.545. The SMILES string of the molecule is CC(C)(C)C(=O)Nc1nc(N2CCN(c3ccccc3O)CC2)sc1C(=O)c1ccccc1. The van der Waals surface area contributed by atoms with E-state index in [0.29, 0.717) is 47.6 Å². The first-order chi connectivity index (χ1) is 15.7. The second-order valence-electron chi connectivity index (χ2n) is 9.04. The molecular weight excluding hydrogens is 436 g/mol. The Bertz CT molecular complexity index is 1150. The van der Waals surface area contributed by atoms with Crippen LogP contribution in [-0.2, 0) is 4.79 Å². The minimum atomic E-state index is -0.611. The maximum Gasteiger partial charge on any atom is 0.230 e. The maximum absolute atomic E-state index is 13.2. The van der Waals surface area contributed by atoms with Gasteiger partial charge in [-0.3, -0.25) is 9.59 Å². The van der Waals surface area contributed by atoms with Gasteiger partial charge in [0.05, 0.1) is 5.69 Å². The average Bonchev–Trinajstić information content (AvgIpc) is 3.23. The summed E-state index contributed by atoms with van der Waals surface area (Å²) in [5, 5.41) is 13.7. The van der Waals surface area contributed by atoms with Crippen molar-refractivity contribution >= 4 is 39.7 Å². The molecule has 1 amide bonds. The average molecular weight is 465 g/mol. The number of amides is 1. The number of carbonyl (C=O) groups is 2. The largest absolute Gasteiger partial charge is 0.506 e. The molecule has 1 aliphatic rings. The third kappa shape index (κ3) is 5.01. The summed E-state index contributed by atoms with van der Waals surface area (Å²) in [6, 6.07) is 16.4. The highest BCUT2D eigenvalue weighted by Crippen LogP contribution is 2.34. The van der Waals surface area contributed by atoms with Crippen LogP contribution in [0.15, 0.2) is 54.6 Å². The van der Waals surface area contributed by atoms with Crippen LogP contribution in [0.2, 0.25) is 0 Å². The van der Waals surface area contributed by atoms with Crippen molar-refractivity contribution in [2.75, 3.05) is 41.3 Å². The molecule has 3 aromatic rings. The van der Waals surface area contributed by atoms with Crippen LogP contribution in [0.5, 0.6) is 5.75 Å². The standard InChI is InChI=1S/C25H28N4O3S/c1-25(2,3)23(32)26-22-21(20(31)17-9-5-4-6-10-17)33-24(27-22)29-15-13-28(14-16-29)18-11-7-8-12-19(18)30/h4-12,30H,13-16H2,1-3H3,(H,26,32). The minimum absolute atomic E-state index is 0.156. The number of nitrogens with zero attached hydrogens (tertiary/aromatic N) is 3. The molecule has 1 fully saturated rings. The molecule has 172 valence electrons. The molecule has 2 aromatic carbocycles. The minimum Gasteiger partial charge on any atom is -0.506 e. The van der Waals surface area contributed by atoms with E-state index in [-0.39, 0.29) is 17.4 Å². The topological polar surface area (TPSA) is 85.8 Å². The van der Waals surface area contributed by atoms with Crippen molar-refractivity contribution in [1.82, 2.24) is 4.98 Å². The number of hydrogen-bond donors (Lipinski definition) is 2. The molecule has 1 saturated heterocycles. The Labute approximate surface area is 197 Å². The summed E-state index contributed by atoms with van der Waals surface area (Å²) in [6.45, 7) is 8.28. The molecule has 1 aliphatic heterocycles. The molecule has 4 rings (SSSR count). The van der Waals surface area contributed by atoms with Crippen molar-refractivity contribution in [1.29, 1.82) is 0 Å².